The third-order valence-corrected chi connectivity index (χ3v) is 3.28. The molecule has 0 aromatic heterocycles. The molecule has 0 unspecified atom stereocenters. The smallest absolute Gasteiger partial charge is 0.262 e. The van der Waals surface area contributed by atoms with Crippen LogP contribution in [0.1, 0.15) is 15.9 Å². The summed E-state index contributed by atoms with van der Waals surface area (Å²) in [6.07, 6.45) is 0. The lowest BCUT2D eigenvalue weighted by atomic mass is 10.1. The van der Waals surface area contributed by atoms with Crippen LogP contribution in [0.25, 0.3) is 0 Å². The van der Waals surface area contributed by atoms with Crippen LogP contribution in [-0.4, -0.2) is 18.4 Å². The molecule has 1 heterocycles. The molecule has 1 aliphatic heterocycles. The second kappa shape index (κ2) is 5.85. The van der Waals surface area contributed by atoms with E-state index in [1.54, 1.807) is 36.4 Å². The molecule has 0 bridgehead atoms. The van der Waals surface area contributed by atoms with Crippen molar-refractivity contribution in [2.75, 3.05) is 11.9 Å². The molecule has 0 fully saturated rings. The first kappa shape index (κ1) is 14.1. The lowest BCUT2D eigenvalue weighted by Crippen LogP contribution is -2.29. The van der Waals surface area contributed by atoms with Gasteiger partial charge >= 0.3 is 0 Å². The summed E-state index contributed by atoms with van der Waals surface area (Å²) >= 11 is 0. The fourth-order valence-corrected chi connectivity index (χ4v) is 2.21. The van der Waals surface area contributed by atoms with Gasteiger partial charge in [-0.2, -0.15) is 0 Å². The van der Waals surface area contributed by atoms with Gasteiger partial charge in [0, 0.05) is 12.1 Å². The normalized spacial score (nSPS) is 12.9. The van der Waals surface area contributed by atoms with Crippen molar-refractivity contribution in [3.05, 3.63) is 59.4 Å². The van der Waals surface area contributed by atoms with Gasteiger partial charge < -0.3 is 15.4 Å². The predicted molar refractivity (Wildman–Crippen MR) is 78.1 cm³/mol. The summed E-state index contributed by atoms with van der Waals surface area (Å²) in [4.78, 5) is 23.5. The molecule has 112 valence electrons. The molecule has 2 aromatic rings. The number of benzene rings is 2. The second-order valence-corrected chi connectivity index (χ2v) is 4.79. The summed E-state index contributed by atoms with van der Waals surface area (Å²) in [6, 6.07) is 11.1. The quantitative estimate of drug-likeness (QED) is 0.912. The first-order valence-electron chi connectivity index (χ1n) is 6.72. The minimum atomic E-state index is -0.392. The number of fused-ring (bicyclic) bond motifs is 1. The molecular weight excluding hydrogens is 287 g/mol. The van der Waals surface area contributed by atoms with E-state index in [0.717, 1.165) is 0 Å². The monoisotopic (exact) mass is 300 g/mol. The van der Waals surface area contributed by atoms with Crippen molar-refractivity contribution in [1.29, 1.82) is 0 Å². The topological polar surface area (TPSA) is 67.4 Å². The molecule has 6 heteroatoms. The zero-order chi connectivity index (χ0) is 15.5. The van der Waals surface area contributed by atoms with E-state index >= 15 is 0 Å². The Hall–Kier alpha value is -2.89. The minimum absolute atomic E-state index is 0.0710. The Balaban J connectivity index is 1.77. The molecule has 3 rings (SSSR count). The van der Waals surface area contributed by atoms with Crippen molar-refractivity contribution in [3.8, 4) is 5.75 Å². The van der Waals surface area contributed by atoms with Gasteiger partial charge in [-0.3, -0.25) is 9.59 Å². The zero-order valence-electron chi connectivity index (χ0n) is 11.6. The van der Waals surface area contributed by atoms with Crippen LogP contribution >= 0.6 is 0 Å². The number of ether oxygens (including phenoxy) is 1. The number of carbonyl (C=O) groups is 2. The largest absolute Gasteiger partial charge is 0.481 e. The fraction of sp³-hybridized carbons (Fsp3) is 0.125. The van der Waals surface area contributed by atoms with Gasteiger partial charge in [-0.1, -0.05) is 24.3 Å². The lowest BCUT2D eigenvalue weighted by Gasteiger charge is -2.20. The van der Waals surface area contributed by atoms with Crippen LogP contribution in [-0.2, 0) is 11.3 Å². The Bertz CT molecular complexity index is 746. The molecule has 0 saturated heterocycles. The summed E-state index contributed by atoms with van der Waals surface area (Å²) in [7, 11) is 0. The number of hydrogen-bond donors (Lipinski definition) is 2. The first-order chi connectivity index (χ1) is 10.6. The molecule has 2 N–H and O–H groups in total. The van der Waals surface area contributed by atoms with Gasteiger partial charge in [0.2, 0.25) is 0 Å². The molecule has 5 nitrogen and oxygen atoms in total. The number of amides is 2. The summed E-state index contributed by atoms with van der Waals surface area (Å²) < 4.78 is 18.9. The van der Waals surface area contributed by atoms with E-state index in [-0.39, 0.29) is 24.9 Å². The summed E-state index contributed by atoms with van der Waals surface area (Å²) in [5.41, 5.74) is 1.15. The number of carbonyl (C=O) groups excluding carboxylic acids is 2. The molecule has 0 spiro atoms. The molecule has 0 aliphatic carbocycles. The third kappa shape index (κ3) is 2.76. The minimum Gasteiger partial charge on any atom is -0.481 e. The highest BCUT2D eigenvalue weighted by Gasteiger charge is 2.22. The fourth-order valence-electron chi connectivity index (χ4n) is 2.21. The Morgan fingerprint density at radius 3 is 2.86 bits per heavy atom. The van der Waals surface area contributed by atoms with Crippen LogP contribution in [0.2, 0.25) is 0 Å². The first-order valence-corrected chi connectivity index (χ1v) is 6.72. The summed E-state index contributed by atoms with van der Waals surface area (Å²) in [5, 5.41) is 5.28. The van der Waals surface area contributed by atoms with E-state index in [1.165, 1.54) is 6.07 Å². The summed E-state index contributed by atoms with van der Waals surface area (Å²) in [5.74, 6) is -0.706. The average Bonchev–Trinajstić information content (AvgIpc) is 2.53. The van der Waals surface area contributed by atoms with E-state index in [0.29, 0.717) is 22.6 Å². The van der Waals surface area contributed by atoms with Crippen LogP contribution in [0.4, 0.5) is 10.1 Å². The molecule has 0 atom stereocenters. The maximum absolute atomic E-state index is 13.5. The number of rotatable bonds is 3. The molecule has 1 aliphatic rings. The Morgan fingerprint density at radius 2 is 2.05 bits per heavy atom. The van der Waals surface area contributed by atoms with Crippen molar-refractivity contribution in [2.45, 2.75) is 6.54 Å². The SMILES string of the molecule is O=C1COc2c(cccc2C(=O)NCc2ccccc2F)N1. The standard InChI is InChI=1S/C16H13FN2O3/c17-12-6-2-1-4-10(12)8-18-16(21)11-5-3-7-13-15(11)22-9-14(20)19-13/h1-7H,8-9H2,(H,18,21)(H,19,20). The van der Waals surface area contributed by atoms with E-state index in [2.05, 4.69) is 10.6 Å². The zero-order valence-corrected chi connectivity index (χ0v) is 11.6. The van der Waals surface area contributed by atoms with Crippen molar-refractivity contribution in [2.24, 2.45) is 0 Å². The number of halogens is 1. The molecule has 2 aromatic carbocycles. The molecular formula is C16H13FN2O3. The number of hydrogen-bond acceptors (Lipinski definition) is 3. The van der Waals surface area contributed by atoms with Crippen LogP contribution in [0.5, 0.6) is 5.75 Å². The van der Waals surface area contributed by atoms with Crippen LogP contribution in [0.3, 0.4) is 0 Å². The Kier molecular flexibility index (Phi) is 3.74. The predicted octanol–water partition coefficient (Wildman–Crippen LogP) is 2.09. The third-order valence-electron chi connectivity index (χ3n) is 3.28. The Morgan fingerprint density at radius 1 is 1.23 bits per heavy atom. The summed E-state index contributed by atoms with van der Waals surface area (Å²) in [6.45, 7) is -0.0634. The average molecular weight is 300 g/mol. The molecule has 0 saturated carbocycles. The Labute approximate surface area is 126 Å². The van der Waals surface area contributed by atoms with Gasteiger partial charge in [-0.25, -0.2) is 4.39 Å². The maximum Gasteiger partial charge on any atom is 0.262 e. The molecule has 2 amide bonds. The van der Waals surface area contributed by atoms with E-state index < -0.39 is 5.91 Å². The van der Waals surface area contributed by atoms with Crippen LogP contribution < -0.4 is 15.4 Å². The van der Waals surface area contributed by atoms with Crippen molar-refractivity contribution in [1.82, 2.24) is 5.32 Å². The van der Waals surface area contributed by atoms with Gasteiger partial charge in [0.05, 0.1) is 11.3 Å². The van der Waals surface area contributed by atoms with Gasteiger partial charge in [-0.15, -0.1) is 0 Å². The highest BCUT2D eigenvalue weighted by molar-refractivity contribution is 6.03. The highest BCUT2D eigenvalue weighted by atomic mass is 19.1. The van der Waals surface area contributed by atoms with Crippen LogP contribution in [0, 0.1) is 5.82 Å². The second-order valence-electron chi connectivity index (χ2n) is 4.79. The van der Waals surface area contributed by atoms with E-state index in [4.69, 9.17) is 4.74 Å². The highest BCUT2D eigenvalue weighted by Crippen LogP contribution is 2.31. The van der Waals surface area contributed by atoms with Gasteiger partial charge in [-0.05, 0) is 18.2 Å². The maximum atomic E-state index is 13.5. The van der Waals surface area contributed by atoms with Gasteiger partial charge in [0.15, 0.2) is 12.4 Å². The van der Waals surface area contributed by atoms with Crippen molar-refractivity contribution < 1.29 is 18.7 Å². The van der Waals surface area contributed by atoms with E-state index in [9.17, 15) is 14.0 Å². The lowest BCUT2D eigenvalue weighted by molar-refractivity contribution is -0.118. The van der Waals surface area contributed by atoms with E-state index in [1.807, 2.05) is 0 Å². The molecule has 0 radical (unpaired) electrons. The van der Waals surface area contributed by atoms with Crippen molar-refractivity contribution in [3.63, 3.8) is 0 Å². The molecule has 22 heavy (non-hydrogen) atoms. The number of nitrogens with one attached hydrogen (secondary N) is 2. The van der Waals surface area contributed by atoms with Gasteiger partial charge in [0.25, 0.3) is 11.8 Å². The van der Waals surface area contributed by atoms with Gasteiger partial charge in [0.1, 0.15) is 5.82 Å². The number of para-hydroxylation sites is 1. The number of anilines is 1. The van der Waals surface area contributed by atoms with Crippen LogP contribution in [0.15, 0.2) is 42.5 Å². The van der Waals surface area contributed by atoms with Crippen molar-refractivity contribution >= 4 is 17.5 Å².